The van der Waals surface area contributed by atoms with Crippen LogP contribution >= 0.6 is 34.5 Å². The van der Waals surface area contributed by atoms with Crippen LogP contribution in [-0.2, 0) is 6.42 Å². The molecule has 5 rings (SSSR count). The van der Waals surface area contributed by atoms with Crippen LogP contribution in [0.5, 0.6) is 11.5 Å². The Kier molecular flexibility index (Phi) is 8.25. The number of aromatic nitrogens is 3. The van der Waals surface area contributed by atoms with Crippen molar-refractivity contribution in [3.63, 3.8) is 0 Å². The third kappa shape index (κ3) is 5.84. The highest BCUT2D eigenvalue weighted by atomic mass is 35.5. The van der Waals surface area contributed by atoms with Crippen LogP contribution in [0, 0.1) is 23.7 Å². The number of hydrogen-bond acceptors (Lipinski definition) is 11. The van der Waals surface area contributed by atoms with Crippen LogP contribution in [0.1, 0.15) is 46.0 Å². The Morgan fingerprint density at radius 3 is 2.55 bits per heavy atom. The zero-order valence-electron chi connectivity index (χ0n) is 23.1. The highest BCUT2D eigenvalue weighted by Gasteiger charge is 2.41. The summed E-state index contributed by atoms with van der Waals surface area (Å²) < 4.78 is 11.7. The summed E-state index contributed by atoms with van der Waals surface area (Å²) in [6.07, 6.45) is 4.63. The van der Waals surface area contributed by atoms with Crippen molar-refractivity contribution in [2.24, 2.45) is 5.73 Å². The summed E-state index contributed by atoms with van der Waals surface area (Å²) in [6.45, 7) is 4.83. The monoisotopic (exact) mass is 622 g/mol. The van der Waals surface area contributed by atoms with Crippen LogP contribution in [0.25, 0.3) is 0 Å². The van der Waals surface area contributed by atoms with Crippen molar-refractivity contribution < 1.29 is 9.47 Å². The van der Waals surface area contributed by atoms with Crippen LogP contribution in [0.2, 0.25) is 10.0 Å². The number of ether oxygens (including phenoxy) is 2. The molecule has 1 aliphatic heterocycles. The minimum absolute atomic E-state index is 0.0686. The molecule has 0 unspecified atom stereocenters. The van der Waals surface area contributed by atoms with Crippen molar-refractivity contribution in [2.75, 3.05) is 30.8 Å². The van der Waals surface area contributed by atoms with Gasteiger partial charge in [-0.05, 0) is 26.0 Å². The van der Waals surface area contributed by atoms with Gasteiger partial charge in [-0.25, -0.2) is 9.97 Å². The molecule has 1 aromatic carbocycles. The topological polar surface area (TPSA) is 160 Å². The number of nitrogen functional groups attached to an aromatic ring is 1. The zero-order valence-corrected chi connectivity index (χ0v) is 25.4. The summed E-state index contributed by atoms with van der Waals surface area (Å²) in [6, 6.07) is 7.05. The third-order valence-electron chi connectivity index (χ3n) is 6.96. The fourth-order valence-corrected chi connectivity index (χ4v) is 6.55. The van der Waals surface area contributed by atoms with E-state index < -0.39 is 11.6 Å². The predicted octanol–water partition coefficient (Wildman–Crippen LogP) is 5.33. The first-order chi connectivity index (χ1) is 20.0. The molecule has 0 radical (unpaired) electrons. The van der Waals surface area contributed by atoms with Crippen molar-refractivity contribution in [1.82, 2.24) is 15.0 Å². The first kappa shape index (κ1) is 29.5. The molecule has 0 bridgehead atoms. The van der Waals surface area contributed by atoms with E-state index in [9.17, 15) is 5.26 Å². The lowest BCUT2D eigenvalue weighted by atomic mass is 9.87. The van der Waals surface area contributed by atoms with E-state index in [0.29, 0.717) is 74.8 Å². The maximum absolute atomic E-state index is 9.94. The van der Waals surface area contributed by atoms with Gasteiger partial charge in [-0.2, -0.15) is 5.26 Å². The van der Waals surface area contributed by atoms with E-state index >= 15 is 0 Å². The Labute approximate surface area is 257 Å². The van der Waals surface area contributed by atoms with Gasteiger partial charge in [0.25, 0.3) is 0 Å². The predicted molar refractivity (Wildman–Crippen MR) is 165 cm³/mol. The number of nitrogens with zero attached hydrogens (tertiary/aromatic N) is 5. The van der Waals surface area contributed by atoms with Crippen LogP contribution < -0.4 is 25.8 Å². The van der Waals surface area contributed by atoms with E-state index in [4.69, 9.17) is 49.6 Å². The molecule has 3 aromatic heterocycles. The summed E-state index contributed by atoms with van der Waals surface area (Å²) in [7, 11) is 1.50. The first-order valence-electron chi connectivity index (χ1n) is 12.9. The molecule has 42 heavy (non-hydrogen) atoms. The number of methoxy groups -OCH3 is 1. The maximum atomic E-state index is 9.94. The summed E-state index contributed by atoms with van der Waals surface area (Å²) in [5, 5.41) is 22.6. The van der Waals surface area contributed by atoms with Gasteiger partial charge in [0.1, 0.15) is 18.0 Å². The Morgan fingerprint density at radius 2 is 1.93 bits per heavy atom. The van der Waals surface area contributed by atoms with Gasteiger partial charge in [0, 0.05) is 77.6 Å². The lowest BCUT2D eigenvalue weighted by Crippen LogP contribution is -2.69. The standard InChI is InChI=1S/C29H28Cl2N8O2S/c1-15-12-42-25(38-15)7-29(35)13-39(14-29)28-17(8-32)4-18(9-37-28)27(34)19-5-24(23(40-3)6-22(19)33)41-16(2)26-20(30)10-36-11-21(26)31/h4-6,9-12,16,34H,7,13-14,33,35H2,1-3H3/t16-/m1/s1. The Balaban J connectivity index is 1.37. The fourth-order valence-electron chi connectivity index (χ4n) is 4.95. The molecule has 0 aliphatic carbocycles. The van der Waals surface area contributed by atoms with Crippen molar-refractivity contribution in [2.45, 2.75) is 31.9 Å². The molecule has 4 aromatic rings. The molecule has 0 spiro atoms. The van der Waals surface area contributed by atoms with E-state index in [0.717, 1.165) is 10.7 Å². The van der Waals surface area contributed by atoms with Crippen LogP contribution in [0.15, 0.2) is 42.2 Å². The van der Waals surface area contributed by atoms with Gasteiger partial charge in [0.05, 0.1) is 39.0 Å². The summed E-state index contributed by atoms with van der Waals surface area (Å²) >= 11 is 14.2. The number of aryl methyl sites for hydroxylation is 1. The highest BCUT2D eigenvalue weighted by molar-refractivity contribution is 7.09. The van der Waals surface area contributed by atoms with Crippen LogP contribution in [0.3, 0.4) is 0 Å². The number of benzene rings is 1. The average Bonchev–Trinajstić information content (AvgIpc) is 3.35. The van der Waals surface area contributed by atoms with Gasteiger partial charge in [-0.15, -0.1) is 11.3 Å². The first-order valence-corrected chi connectivity index (χ1v) is 14.5. The largest absolute Gasteiger partial charge is 0.493 e. The highest BCUT2D eigenvalue weighted by Crippen LogP contribution is 2.39. The molecule has 4 heterocycles. The van der Waals surface area contributed by atoms with Gasteiger partial charge in [0.2, 0.25) is 0 Å². The Morgan fingerprint density at radius 1 is 1.21 bits per heavy atom. The van der Waals surface area contributed by atoms with Crippen molar-refractivity contribution in [3.8, 4) is 17.6 Å². The number of rotatable bonds is 9. The minimum Gasteiger partial charge on any atom is -0.493 e. The van der Waals surface area contributed by atoms with Crippen LogP contribution in [0.4, 0.5) is 11.5 Å². The number of nitrogens with one attached hydrogen (secondary N) is 1. The second kappa shape index (κ2) is 11.7. The zero-order chi connectivity index (χ0) is 30.2. The van der Waals surface area contributed by atoms with Crippen molar-refractivity contribution in [1.29, 1.82) is 10.7 Å². The van der Waals surface area contributed by atoms with Gasteiger partial charge in [-0.1, -0.05) is 23.2 Å². The number of anilines is 2. The molecular formula is C29H28Cl2N8O2S. The Hall–Kier alpha value is -3.95. The molecule has 1 aliphatic rings. The van der Waals surface area contributed by atoms with Gasteiger partial charge in [-0.3, -0.25) is 10.4 Å². The van der Waals surface area contributed by atoms with Crippen molar-refractivity contribution in [3.05, 3.63) is 85.2 Å². The number of nitriles is 1. The molecule has 5 N–H and O–H groups in total. The minimum atomic E-state index is -0.565. The number of pyridine rings is 2. The second-order valence-electron chi connectivity index (χ2n) is 10.2. The smallest absolute Gasteiger partial charge is 0.162 e. The summed E-state index contributed by atoms with van der Waals surface area (Å²) in [4.78, 5) is 15.0. The Bertz CT molecular complexity index is 1690. The molecular weight excluding hydrogens is 595 g/mol. The number of halogens is 2. The molecule has 10 nitrogen and oxygen atoms in total. The van der Waals surface area contributed by atoms with Crippen LogP contribution in [-0.4, -0.2) is 46.4 Å². The third-order valence-corrected chi connectivity index (χ3v) is 8.53. The van der Waals surface area contributed by atoms with E-state index in [2.05, 4.69) is 21.0 Å². The summed E-state index contributed by atoms with van der Waals surface area (Å²) in [5.74, 6) is 1.24. The maximum Gasteiger partial charge on any atom is 0.162 e. The molecule has 1 atom stereocenters. The average molecular weight is 624 g/mol. The second-order valence-corrected chi connectivity index (χ2v) is 12.0. The number of nitrogens with two attached hydrogens (primary N) is 2. The lowest BCUT2D eigenvalue weighted by molar-refractivity contribution is 0.216. The van der Waals surface area contributed by atoms with E-state index in [1.807, 2.05) is 17.2 Å². The van der Waals surface area contributed by atoms with Crippen molar-refractivity contribution >= 4 is 51.8 Å². The van der Waals surface area contributed by atoms with E-state index in [1.165, 1.54) is 19.5 Å². The molecule has 0 saturated carbocycles. The molecule has 1 saturated heterocycles. The van der Waals surface area contributed by atoms with Gasteiger partial charge in [0.15, 0.2) is 11.5 Å². The molecule has 13 heteroatoms. The molecule has 216 valence electrons. The fraction of sp³-hybridized carbons (Fsp3) is 0.276. The van der Waals surface area contributed by atoms with E-state index in [-0.39, 0.29) is 5.71 Å². The van der Waals surface area contributed by atoms with Gasteiger partial charge >= 0.3 is 0 Å². The normalized spacial score (nSPS) is 14.5. The number of hydrogen-bond donors (Lipinski definition) is 3. The SMILES string of the molecule is COc1cc(N)c(C(=N)c2cnc(N3CC(N)(Cc4nc(C)cs4)C3)c(C#N)c2)cc1O[C@H](C)c1c(Cl)cncc1Cl. The lowest BCUT2D eigenvalue weighted by Gasteiger charge is -2.48. The number of thiazole rings is 1. The summed E-state index contributed by atoms with van der Waals surface area (Å²) in [5.41, 5.74) is 15.5. The quantitative estimate of drug-likeness (QED) is 0.165. The molecule has 1 fully saturated rings. The molecule has 0 amide bonds. The van der Waals surface area contributed by atoms with Gasteiger partial charge < -0.3 is 25.8 Å². The van der Waals surface area contributed by atoms with E-state index in [1.54, 1.807) is 42.7 Å².